The third-order valence-electron chi connectivity index (χ3n) is 4.01. The van der Waals surface area contributed by atoms with E-state index in [-0.39, 0.29) is 6.61 Å². The molecule has 2 rings (SSSR count). The highest BCUT2D eigenvalue weighted by Gasteiger charge is 2.11. The molecule has 0 unspecified atom stereocenters. The Morgan fingerprint density at radius 1 is 1.10 bits per heavy atom. The van der Waals surface area contributed by atoms with Crippen LogP contribution in [0.4, 0.5) is 0 Å². The van der Waals surface area contributed by atoms with Gasteiger partial charge in [0.2, 0.25) is 0 Å². The minimum absolute atomic E-state index is 0.163. The van der Waals surface area contributed by atoms with Crippen molar-refractivity contribution in [3.8, 4) is 0 Å². The van der Waals surface area contributed by atoms with Gasteiger partial charge >= 0.3 is 0 Å². The zero-order chi connectivity index (χ0) is 14.5. The Balaban J connectivity index is 2.32. The van der Waals surface area contributed by atoms with Crippen LogP contribution in [0.3, 0.4) is 0 Å². The number of aromatic nitrogens is 2. The van der Waals surface area contributed by atoms with Crippen LogP contribution in [0.25, 0.3) is 11.0 Å². The van der Waals surface area contributed by atoms with E-state index in [1.807, 2.05) is 0 Å². The van der Waals surface area contributed by atoms with Gasteiger partial charge in [0, 0.05) is 13.0 Å². The second-order valence-electron chi connectivity index (χ2n) is 5.64. The lowest BCUT2D eigenvalue weighted by molar-refractivity contribution is 0.294. The number of aryl methyl sites for hydroxylation is 3. The summed E-state index contributed by atoms with van der Waals surface area (Å²) >= 11 is 0. The fourth-order valence-electron chi connectivity index (χ4n) is 2.67. The van der Waals surface area contributed by atoms with Crippen molar-refractivity contribution in [3.05, 3.63) is 29.1 Å². The lowest BCUT2D eigenvalue weighted by Crippen LogP contribution is -2.06. The van der Waals surface area contributed by atoms with Gasteiger partial charge in [-0.1, -0.05) is 26.2 Å². The van der Waals surface area contributed by atoms with Crippen LogP contribution < -0.4 is 0 Å². The van der Waals surface area contributed by atoms with E-state index < -0.39 is 0 Å². The average Bonchev–Trinajstić information content (AvgIpc) is 2.73. The summed E-state index contributed by atoms with van der Waals surface area (Å²) in [5.41, 5.74) is 4.87. The minimum atomic E-state index is 0.163. The summed E-state index contributed by atoms with van der Waals surface area (Å²) in [6, 6.07) is 4.40. The molecule has 1 N–H and O–H groups in total. The van der Waals surface area contributed by atoms with Crippen LogP contribution in [0.5, 0.6) is 0 Å². The van der Waals surface area contributed by atoms with E-state index in [0.717, 1.165) is 17.9 Å². The lowest BCUT2D eigenvalue weighted by atomic mass is 10.1. The highest BCUT2D eigenvalue weighted by atomic mass is 16.3. The number of hydrogen-bond acceptors (Lipinski definition) is 2. The zero-order valence-corrected chi connectivity index (χ0v) is 12.9. The van der Waals surface area contributed by atoms with Crippen molar-refractivity contribution in [1.29, 1.82) is 0 Å². The molecule has 1 aromatic heterocycles. The summed E-state index contributed by atoms with van der Waals surface area (Å²) in [5, 5.41) is 9.23. The van der Waals surface area contributed by atoms with Gasteiger partial charge in [-0.3, -0.25) is 0 Å². The summed E-state index contributed by atoms with van der Waals surface area (Å²) in [6.45, 7) is 7.68. The topological polar surface area (TPSA) is 38.0 Å². The molecule has 0 spiro atoms. The minimum Gasteiger partial charge on any atom is -0.396 e. The highest BCUT2D eigenvalue weighted by Crippen LogP contribution is 2.22. The molecule has 0 amide bonds. The maximum Gasteiger partial charge on any atom is 0.112 e. The fourth-order valence-corrected chi connectivity index (χ4v) is 2.67. The number of fused-ring (bicyclic) bond motifs is 1. The number of hydrogen-bond donors (Lipinski definition) is 1. The highest BCUT2D eigenvalue weighted by molar-refractivity contribution is 5.78. The molecular weight excluding hydrogens is 248 g/mol. The van der Waals surface area contributed by atoms with Gasteiger partial charge in [0.1, 0.15) is 5.82 Å². The average molecular weight is 274 g/mol. The predicted octanol–water partition coefficient (Wildman–Crippen LogP) is 3.77. The third kappa shape index (κ3) is 3.21. The Bertz CT molecular complexity index is 572. The van der Waals surface area contributed by atoms with E-state index in [1.165, 1.54) is 42.3 Å². The quantitative estimate of drug-likeness (QED) is 0.780. The molecule has 0 bridgehead atoms. The smallest absolute Gasteiger partial charge is 0.112 e. The Morgan fingerprint density at radius 3 is 2.55 bits per heavy atom. The zero-order valence-electron chi connectivity index (χ0n) is 12.9. The van der Waals surface area contributed by atoms with E-state index in [4.69, 9.17) is 4.98 Å². The second-order valence-corrected chi connectivity index (χ2v) is 5.64. The van der Waals surface area contributed by atoms with Gasteiger partial charge in [-0.05, 0) is 43.5 Å². The van der Waals surface area contributed by atoms with E-state index in [2.05, 4.69) is 37.5 Å². The standard InChI is InChI=1S/C17H26N2O/c1-4-5-6-7-9-19-16-12-14(3)13(2)11-15(16)18-17(19)8-10-20/h11-12,20H,4-10H2,1-3H3. The molecule has 1 aromatic carbocycles. The Morgan fingerprint density at radius 2 is 1.85 bits per heavy atom. The Labute approximate surface area is 121 Å². The Hall–Kier alpha value is -1.35. The van der Waals surface area contributed by atoms with E-state index in [1.54, 1.807) is 0 Å². The summed E-state index contributed by atoms with van der Waals surface area (Å²) < 4.78 is 2.30. The maximum absolute atomic E-state index is 9.23. The molecule has 0 radical (unpaired) electrons. The van der Waals surface area contributed by atoms with E-state index in [0.29, 0.717) is 6.42 Å². The number of imidazole rings is 1. The summed E-state index contributed by atoms with van der Waals surface area (Å²) in [5.74, 6) is 1.02. The molecule has 1 heterocycles. The third-order valence-corrected chi connectivity index (χ3v) is 4.01. The maximum atomic E-state index is 9.23. The summed E-state index contributed by atoms with van der Waals surface area (Å²) in [6.07, 6.45) is 5.64. The van der Waals surface area contributed by atoms with Gasteiger partial charge in [-0.2, -0.15) is 0 Å². The van der Waals surface area contributed by atoms with Gasteiger partial charge in [0.05, 0.1) is 17.6 Å². The first-order valence-corrected chi connectivity index (χ1v) is 7.74. The van der Waals surface area contributed by atoms with E-state index in [9.17, 15) is 5.11 Å². The van der Waals surface area contributed by atoms with Crippen LogP contribution >= 0.6 is 0 Å². The van der Waals surface area contributed by atoms with Gasteiger partial charge in [0.15, 0.2) is 0 Å². The van der Waals surface area contributed by atoms with Crippen LogP contribution in [0, 0.1) is 13.8 Å². The molecule has 0 saturated heterocycles. The molecule has 0 atom stereocenters. The summed E-state index contributed by atoms with van der Waals surface area (Å²) in [7, 11) is 0. The first-order chi connectivity index (χ1) is 9.67. The van der Waals surface area contributed by atoms with Crippen molar-refractivity contribution in [2.45, 2.75) is 59.4 Å². The number of nitrogens with zero attached hydrogens (tertiary/aromatic N) is 2. The van der Waals surface area contributed by atoms with Gasteiger partial charge in [-0.25, -0.2) is 4.98 Å². The summed E-state index contributed by atoms with van der Waals surface area (Å²) in [4.78, 5) is 4.71. The monoisotopic (exact) mass is 274 g/mol. The first-order valence-electron chi connectivity index (χ1n) is 7.74. The SMILES string of the molecule is CCCCCCn1c(CCO)nc2cc(C)c(C)cc21. The first kappa shape index (κ1) is 15.0. The number of benzene rings is 1. The van der Waals surface area contributed by atoms with Gasteiger partial charge < -0.3 is 9.67 Å². The number of aliphatic hydroxyl groups excluding tert-OH is 1. The van der Waals surface area contributed by atoms with Crippen molar-refractivity contribution < 1.29 is 5.11 Å². The van der Waals surface area contributed by atoms with E-state index >= 15 is 0 Å². The van der Waals surface area contributed by atoms with Gasteiger partial charge in [-0.15, -0.1) is 0 Å². The molecule has 0 aliphatic carbocycles. The van der Waals surface area contributed by atoms with Crippen molar-refractivity contribution in [3.63, 3.8) is 0 Å². The van der Waals surface area contributed by atoms with Crippen molar-refractivity contribution >= 4 is 11.0 Å². The number of rotatable bonds is 7. The molecule has 3 heteroatoms. The molecule has 20 heavy (non-hydrogen) atoms. The lowest BCUT2D eigenvalue weighted by Gasteiger charge is -2.09. The van der Waals surface area contributed by atoms with Crippen molar-refractivity contribution in [2.75, 3.05) is 6.61 Å². The molecule has 110 valence electrons. The normalized spacial score (nSPS) is 11.4. The van der Waals surface area contributed by atoms with Crippen LogP contribution in [-0.4, -0.2) is 21.3 Å². The Kier molecular flexibility index (Phi) is 5.18. The van der Waals surface area contributed by atoms with Gasteiger partial charge in [0.25, 0.3) is 0 Å². The molecule has 3 nitrogen and oxygen atoms in total. The second kappa shape index (κ2) is 6.89. The van der Waals surface area contributed by atoms with Crippen molar-refractivity contribution in [1.82, 2.24) is 9.55 Å². The predicted molar refractivity (Wildman–Crippen MR) is 84.1 cm³/mol. The van der Waals surface area contributed by atoms with Crippen LogP contribution in [0.15, 0.2) is 12.1 Å². The van der Waals surface area contributed by atoms with Crippen LogP contribution in [0.2, 0.25) is 0 Å². The van der Waals surface area contributed by atoms with Crippen molar-refractivity contribution in [2.24, 2.45) is 0 Å². The number of aliphatic hydroxyl groups is 1. The fraction of sp³-hybridized carbons (Fsp3) is 0.588. The van der Waals surface area contributed by atoms with Crippen LogP contribution in [0.1, 0.15) is 49.6 Å². The molecule has 0 aliphatic heterocycles. The molecule has 0 aliphatic rings. The molecule has 0 saturated carbocycles. The number of unbranched alkanes of at least 4 members (excludes halogenated alkanes) is 3. The molecular formula is C17H26N2O. The largest absolute Gasteiger partial charge is 0.396 e. The molecule has 0 fully saturated rings. The molecule has 2 aromatic rings. The van der Waals surface area contributed by atoms with Crippen LogP contribution in [-0.2, 0) is 13.0 Å².